The minimum Gasteiger partial charge on any atom is -0.493 e. The molecule has 0 radical (unpaired) electrons. The van der Waals surface area contributed by atoms with E-state index < -0.39 is 0 Å². The predicted octanol–water partition coefficient (Wildman–Crippen LogP) is 3.97. The lowest BCUT2D eigenvalue weighted by Gasteiger charge is -2.15. The van der Waals surface area contributed by atoms with Crippen LogP contribution in [0.15, 0.2) is 36.4 Å². The van der Waals surface area contributed by atoms with Crippen LogP contribution in [0.2, 0.25) is 5.02 Å². The molecular formula is C20H28Cl3FN2O3. The van der Waals surface area contributed by atoms with Crippen LogP contribution in [0.4, 0.5) is 4.39 Å². The highest BCUT2D eigenvalue weighted by atomic mass is 35.5. The minimum absolute atomic E-state index is 0. The predicted molar refractivity (Wildman–Crippen MR) is 120 cm³/mol. The third-order valence-electron chi connectivity index (χ3n) is 3.91. The first-order valence-corrected chi connectivity index (χ1v) is 9.27. The van der Waals surface area contributed by atoms with Crippen LogP contribution in [0, 0.1) is 5.82 Å². The second-order valence-corrected chi connectivity index (χ2v) is 6.44. The molecule has 0 aliphatic heterocycles. The maximum Gasteiger partial charge on any atom is 0.180 e. The smallest absolute Gasteiger partial charge is 0.180 e. The van der Waals surface area contributed by atoms with Crippen LogP contribution < -0.4 is 20.1 Å². The van der Waals surface area contributed by atoms with Gasteiger partial charge in [-0.3, -0.25) is 0 Å². The molecule has 0 heterocycles. The van der Waals surface area contributed by atoms with Crippen molar-refractivity contribution < 1.29 is 19.0 Å². The van der Waals surface area contributed by atoms with E-state index in [1.165, 1.54) is 12.1 Å². The van der Waals surface area contributed by atoms with Crippen LogP contribution in [0.3, 0.4) is 0 Å². The molecule has 29 heavy (non-hydrogen) atoms. The lowest BCUT2D eigenvalue weighted by molar-refractivity contribution is 0.284. The molecule has 0 bridgehead atoms. The normalized spacial score (nSPS) is 10.1. The molecule has 0 fully saturated rings. The van der Waals surface area contributed by atoms with E-state index in [0.29, 0.717) is 29.6 Å². The molecule has 0 unspecified atom stereocenters. The van der Waals surface area contributed by atoms with Crippen LogP contribution in [0.5, 0.6) is 11.5 Å². The first kappa shape index (κ1) is 27.7. The Labute approximate surface area is 188 Å². The van der Waals surface area contributed by atoms with Crippen molar-refractivity contribution in [3.8, 4) is 11.5 Å². The molecule has 2 aromatic rings. The van der Waals surface area contributed by atoms with E-state index in [9.17, 15) is 4.39 Å². The maximum absolute atomic E-state index is 13.0. The Kier molecular flexibility index (Phi) is 14.9. The molecule has 3 N–H and O–H groups in total. The second kappa shape index (κ2) is 15.5. The summed E-state index contributed by atoms with van der Waals surface area (Å²) in [6.45, 7) is 3.41. The van der Waals surface area contributed by atoms with Gasteiger partial charge in [0.25, 0.3) is 0 Å². The Morgan fingerprint density at radius 3 is 2.34 bits per heavy atom. The summed E-state index contributed by atoms with van der Waals surface area (Å²) in [5, 5.41) is 15.6. The molecule has 0 aromatic heterocycles. The number of methoxy groups -OCH3 is 1. The highest BCUT2D eigenvalue weighted by Gasteiger charge is 2.12. The van der Waals surface area contributed by atoms with Crippen molar-refractivity contribution in [3.05, 3.63) is 58.4 Å². The van der Waals surface area contributed by atoms with E-state index in [4.69, 9.17) is 26.2 Å². The van der Waals surface area contributed by atoms with Gasteiger partial charge in [-0.2, -0.15) is 0 Å². The van der Waals surface area contributed by atoms with E-state index in [0.717, 1.165) is 30.6 Å². The van der Waals surface area contributed by atoms with Gasteiger partial charge in [0.2, 0.25) is 0 Å². The summed E-state index contributed by atoms with van der Waals surface area (Å²) < 4.78 is 24.2. The molecule has 0 saturated carbocycles. The van der Waals surface area contributed by atoms with Gasteiger partial charge in [0.15, 0.2) is 11.5 Å². The van der Waals surface area contributed by atoms with Crippen molar-refractivity contribution in [2.75, 3.05) is 33.4 Å². The molecule has 0 aliphatic carbocycles. The Balaban J connectivity index is 0.00000392. The van der Waals surface area contributed by atoms with E-state index in [1.54, 1.807) is 19.2 Å². The highest BCUT2D eigenvalue weighted by Crippen LogP contribution is 2.37. The number of rotatable bonds is 12. The summed E-state index contributed by atoms with van der Waals surface area (Å²) >= 11 is 6.38. The number of benzene rings is 2. The zero-order chi connectivity index (χ0) is 19.5. The molecule has 0 saturated heterocycles. The fraction of sp³-hybridized carbons (Fsp3) is 0.400. The van der Waals surface area contributed by atoms with Gasteiger partial charge in [0, 0.05) is 13.1 Å². The minimum atomic E-state index is -0.282. The molecule has 0 spiro atoms. The Hall–Kier alpha value is -1.28. The molecule has 9 heteroatoms. The van der Waals surface area contributed by atoms with E-state index in [2.05, 4.69) is 10.6 Å². The molecule has 0 atom stereocenters. The van der Waals surface area contributed by atoms with Crippen molar-refractivity contribution in [1.29, 1.82) is 0 Å². The Bertz CT molecular complexity index is 706. The third kappa shape index (κ3) is 9.85. The molecule has 0 aliphatic rings. The summed E-state index contributed by atoms with van der Waals surface area (Å²) in [6, 6.07) is 9.87. The standard InChI is InChI=1S/C20H26ClFN2O3.2ClH/c1-26-19-12-16(13-24-8-2-7-23-9-10-25)11-18(21)20(19)27-14-15-3-5-17(22)6-4-15;;/h3-6,11-12,23-25H,2,7-10,13-14H2,1H3;2*1H. The highest BCUT2D eigenvalue weighted by molar-refractivity contribution is 6.32. The largest absolute Gasteiger partial charge is 0.493 e. The quantitative estimate of drug-likeness (QED) is 0.411. The Morgan fingerprint density at radius 1 is 1.00 bits per heavy atom. The van der Waals surface area contributed by atoms with Gasteiger partial charge in [0.05, 0.1) is 18.7 Å². The van der Waals surface area contributed by atoms with Crippen molar-refractivity contribution >= 4 is 36.4 Å². The number of nitrogens with one attached hydrogen (secondary N) is 2. The number of hydrogen-bond acceptors (Lipinski definition) is 5. The third-order valence-corrected chi connectivity index (χ3v) is 4.19. The van der Waals surface area contributed by atoms with Gasteiger partial charge in [-0.15, -0.1) is 24.8 Å². The average molecular weight is 470 g/mol. The molecule has 5 nitrogen and oxygen atoms in total. The monoisotopic (exact) mass is 468 g/mol. The Morgan fingerprint density at radius 2 is 1.69 bits per heavy atom. The zero-order valence-corrected chi connectivity index (χ0v) is 18.6. The van der Waals surface area contributed by atoms with Crippen LogP contribution in [-0.2, 0) is 13.2 Å². The van der Waals surface area contributed by atoms with Gasteiger partial charge < -0.3 is 25.2 Å². The number of ether oxygens (including phenoxy) is 2. The fourth-order valence-electron chi connectivity index (χ4n) is 2.53. The van der Waals surface area contributed by atoms with Gasteiger partial charge in [-0.25, -0.2) is 4.39 Å². The molecule has 0 amide bonds. The maximum atomic E-state index is 13.0. The van der Waals surface area contributed by atoms with Gasteiger partial charge in [0.1, 0.15) is 12.4 Å². The summed E-state index contributed by atoms with van der Waals surface area (Å²) in [5.74, 6) is 0.752. The number of aliphatic hydroxyl groups excluding tert-OH is 1. The van der Waals surface area contributed by atoms with Crippen LogP contribution in [-0.4, -0.2) is 38.5 Å². The summed E-state index contributed by atoms with van der Waals surface area (Å²) in [5.41, 5.74) is 1.84. The first-order chi connectivity index (χ1) is 13.1. The molecule has 2 aromatic carbocycles. The topological polar surface area (TPSA) is 62.8 Å². The molecular weight excluding hydrogens is 442 g/mol. The summed E-state index contributed by atoms with van der Waals surface area (Å²) in [6.07, 6.45) is 0.962. The number of hydrogen-bond donors (Lipinski definition) is 3. The molecule has 164 valence electrons. The number of halogens is 4. The van der Waals surface area contributed by atoms with Crippen molar-refractivity contribution in [3.63, 3.8) is 0 Å². The van der Waals surface area contributed by atoms with Crippen molar-refractivity contribution in [2.45, 2.75) is 19.6 Å². The van der Waals surface area contributed by atoms with Crippen LogP contribution in [0.1, 0.15) is 17.5 Å². The summed E-state index contributed by atoms with van der Waals surface area (Å²) in [4.78, 5) is 0. The number of aliphatic hydroxyl groups is 1. The lowest BCUT2D eigenvalue weighted by Crippen LogP contribution is -2.23. The zero-order valence-electron chi connectivity index (χ0n) is 16.2. The van der Waals surface area contributed by atoms with Crippen LogP contribution in [0.25, 0.3) is 0 Å². The molecule has 2 rings (SSSR count). The average Bonchev–Trinajstić information content (AvgIpc) is 2.67. The fourth-order valence-corrected chi connectivity index (χ4v) is 2.81. The first-order valence-electron chi connectivity index (χ1n) is 8.90. The van der Waals surface area contributed by atoms with Gasteiger partial charge >= 0.3 is 0 Å². The van der Waals surface area contributed by atoms with Gasteiger partial charge in [-0.1, -0.05) is 23.7 Å². The van der Waals surface area contributed by atoms with Crippen molar-refractivity contribution in [2.24, 2.45) is 0 Å². The van der Waals surface area contributed by atoms with E-state index in [1.807, 2.05) is 12.1 Å². The van der Waals surface area contributed by atoms with Gasteiger partial charge in [-0.05, 0) is 54.9 Å². The SMILES string of the molecule is COc1cc(CNCCCNCCO)cc(Cl)c1OCc1ccc(F)cc1.Cl.Cl. The van der Waals surface area contributed by atoms with E-state index in [-0.39, 0.29) is 43.8 Å². The summed E-state index contributed by atoms with van der Waals surface area (Å²) in [7, 11) is 1.57. The lowest BCUT2D eigenvalue weighted by atomic mass is 10.2. The van der Waals surface area contributed by atoms with E-state index >= 15 is 0 Å². The van der Waals surface area contributed by atoms with Crippen molar-refractivity contribution in [1.82, 2.24) is 10.6 Å². The van der Waals surface area contributed by atoms with Crippen LogP contribution >= 0.6 is 36.4 Å². The second-order valence-electron chi connectivity index (χ2n) is 6.03.